The molecular weight excluding hydrogens is 361 g/mol. The van der Waals surface area contributed by atoms with Crippen LogP contribution in [-0.4, -0.2) is 27.4 Å². The zero-order chi connectivity index (χ0) is 19.3. The summed E-state index contributed by atoms with van der Waals surface area (Å²) in [5, 5.41) is 15.3. The van der Waals surface area contributed by atoms with Crippen LogP contribution in [0.2, 0.25) is 0 Å². The molecule has 2 aromatic heterocycles. The van der Waals surface area contributed by atoms with E-state index in [9.17, 15) is 4.39 Å². The second-order valence-electron chi connectivity index (χ2n) is 5.94. The van der Waals surface area contributed by atoms with Gasteiger partial charge < -0.3 is 14.6 Å². The summed E-state index contributed by atoms with van der Waals surface area (Å²) in [4.78, 5) is 4.36. The quantitative estimate of drug-likeness (QED) is 0.544. The number of benzene rings is 2. The van der Waals surface area contributed by atoms with Gasteiger partial charge >= 0.3 is 0 Å². The number of ether oxygens (including phenoxy) is 1. The largest absolute Gasteiger partial charge is 0.497 e. The van der Waals surface area contributed by atoms with Gasteiger partial charge in [0.15, 0.2) is 5.69 Å². The Hall–Kier alpha value is -3.81. The van der Waals surface area contributed by atoms with E-state index in [0.717, 1.165) is 16.9 Å². The first-order valence-corrected chi connectivity index (χ1v) is 8.52. The van der Waals surface area contributed by atoms with Crippen molar-refractivity contribution in [1.29, 1.82) is 0 Å². The van der Waals surface area contributed by atoms with E-state index >= 15 is 0 Å². The number of hydrogen-bond acceptors (Lipinski definition) is 7. The molecule has 0 saturated heterocycles. The van der Waals surface area contributed by atoms with Gasteiger partial charge in [0.2, 0.25) is 5.82 Å². The number of aromatic nitrogens is 4. The van der Waals surface area contributed by atoms with Crippen LogP contribution in [0.4, 0.5) is 10.2 Å². The van der Waals surface area contributed by atoms with E-state index in [2.05, 4.69) is 25.7 Å². The minimum absolute atomic E-state index is 0.263. The highest BCUT2D eigenvalue weighted by atomic mass is 19.1. The predicted octanol–water partition coefficient (Wildman–Crippen LogP) is 3.95. The number of rotatable bonds is 6. The number of nitrogens with zero attached hydrogens (tertiary/aromatic N) is 4. The Kier molecular flexibility index (Phi) is 4.92. The SMILES string of the molecule is COc1ccc(-c2noc(-c3ccc(NCc4ccc(F)cc4)nn3)n2)cc1. The highest BCUT2D eigenvalue weighted by Gasteiger charge is 2.12. The molecule has 0 saturated carbocycles. The summed E-state index contributed by atoms with van der Waals surface area (Å²) in [5.74, 6) is 1.81. The monoisotopic (exact) mass is 377 g/mol. The molecule has 0 bridgehead atoms. The van der Waals surface area contributed by atoms with Crippen molar-refractivity contribution in [2.45, 2.75) is 6.54 Å². The highest BCUT2D eigenvalue weighted by Crippen LogP contribution is 2.23. The van der Waals surface area contributed by atoms with Gasteiger partial charge in [-0.15, -0.1) is 10.2 Å². The Morgan fingerprint density at radius 3 is 2.43 bits per heavy atom. The molecule has 0 unspecified atom stereocenters. The molecule has 140 valence electrons. The van der Waals surface area contributed by atoms with E-state index in [1.54, 1.807) is 31.4 Å². The second kappa shape index (κ2) is 7.83. The van der Waals surface area contributed by atoms with Gasteiger partial charge in [-0.25, -0.2) is 4.39 Å². The van der Waals surface area contributed by atoms with Gasteiger partial charge in [0.05, 0.1) is 7.11 Å². The maximum atomic E-state index is 12.9. The lowest BCUT2D eigenvalue weighted by atomic mass is 10.2. The first-order chi connectivity index (χ1) is 13.7. The topological polar surface area (TPSA) is 86.0 Å². The van der Waals surface area contributed by atoms with Gasteiger partial charge in [-0.05, 0) is 54.1 Å². The van der Waals surface area contributed by atoms with Crippen LogP contribution >= 0.6 is 0 Å². The molecule has 0 aliphatic rings. The van der Waals surface area contributed by atoms with Gasteiger partial charge in [-0.3, -0.25) is 0 Å². The lowest BCUT2D eigenvalue weighted by Gasteiger charge is -2.05. The normalized spacial score (nSPS) is 10.6. The predicted molar refractivity (Wildman–Crippen MR) is 101 cm³/mol. The van der Waals surface area contributed by atoms with Gasteiger partial charge in [0.25, 0.3) is 5.89 Å². The Balaban J connectivity index is 1.43. The van der Waals surface area contributed by atoms with E-state index in [-0.39, 0.29) is 11.7 Å². The molecule has 0 spiro atoms. The molecule has 7 nitrogen and oxygen atoms in total. The third-order valence-electron chi connectivity index (χ3n) is 4.04. The molecule has 28 heavy (non-hydrogen) atoms. The summed E-state index contributed by atoms with van der Waals surface area (Å²) in [6.07, 6.45) is 0. The summed E-state index contributed by atoms with van der Waals surface area (Å²) in [7, 11) is 1.61. The first kappa shape index (κ1) is 17.6. The average Bonchev–Trinajstić information content (AvgIpc) is 3.24. The van der Waals surface area contributed by atoms with Crippen molar-refractivity contribution in [2.75, 3.05) is 12.4 Å². The molecule has 1 N–H and O–H groups in total. The Bertz CT molecular complexity index is 1050. The molecule has 0 fully saturated rings. The summed E-state index contributed by atoms with van der Waals surface area (Å²) in [6.45, 7) is 0.510. The lowest BCUT2D eigenvalue weighted by Crippen LogP contribution is -2.02. The van der Waals surface area contributed by atoms with Crippen molar-refractivity contribution >= 4 is 5.82 Å². The number of halogens is 1. The van der Waals surface area contributed by atoms with E-state index < -0.39 is 0 Å². The summed E-state index contributed by atoms with van der Waals surface area (Å²) >= 11 is 0. The lowest BCUT2D eigenvalue weighted by molar-refractivity contribution is 0.414. The van der Waals surface area contributed by atoms with E-state index in [4.69, 9.17) is 9.26 Å². The zero-order valence-electron chi connectivity index (χ0n) is 15.0. The fraction of sp³-hybridized carbons (Fsp3) is 0.100. The van der Waals surface area contributed by atoms with Gasteiger partial charge in [-0.2, -0.15) is 4.98 Å². The fourth-order valence-corrected chi connectivity index (χ4v) is 2.52. The minimum Gasteiger partial charge on any atom is -0.497 e. The molecule has 0 aliphatic heterocycles. The third-order valence-corrected chi connectivity index (χ3v) is 4.04. The summed E-state index contributed by atoms with van der Waals surface area (Å²) in [5.41, 5.74) is 2.22. The van der Waals surface area contributed by atoms with Crippen molar-refractivity contribution in [2.24, 2.45) is 0 Å². The first-order valence-electron chi connectivity index (χ1n) is 8.52. The van der Waals surface area contributed by atoms with E-state index in [0.29, 0.717) is 23.9 Å². The van der Waals surface area contributed by atoms with Crippen LogP contribution in [0.25, 0.3) is 23.0 Å². The van der Waals surface area contributed by atoms with Crippen molar-refractivity contribution in [3.05, 3.63) is 72.0 Å². The molecule has 2 heterocycles. The molecule has 4 rings (SSSR count). The minimum atomic E-state index is -0.263. The van der Waals surface area contributed by atoms with Crippen LogP contribution in [0.3, 0.4) is 0 Å². The van der Waals surface area contributed by atoms with Crippen molar-refractivity contribution in [1.82, 2.24) is 20.3 Å². The summed E-state index contributed by atoms with van der Waals surface area (Å²) in [6, 6.07) is 17.1. The van der Waals surface area contributed by atoms with E-state index in [1.165, 1.54) is 12.1 Å². The molecule has 0 aliphatic carbocycles. The second-order valence-corrected chi connectivity index (χ2v) is 5.94. The zero-order valence-corrected chi connectivity index (χ0v) is 15.0. The van der Waals surface area contributed by atoms with Crippen LogP contribution in [-0.2, 0) is 6.54 Å². The third kappa shape index (κ3) is 3.96. The molecule has 0 amide bonds. The van der Waals surface area contributed by atoms with Crippen LogP contribution in [0.1, 0.15) is 5.56 Å². The smallest absolute Gasteiger partial charge is 0.278 e. The Morgan fingerprint density at radius 2 is 1.75 bits per heavy atom. The summed E-state index contributed by atoms with van der Waals surface area (Å²) < 4.78 is 23.4. The number of anilines is 1. The molecule has 0 radical (unpaired) electrons. The van der Waals surface area contributed by atoms with Crippen LogP contribution in [0, 0.1) is 5.82 Å². The van der Waals surface area contributed by atoms with Crippen LogP contribution in [0.15, 0.2) is 65.2 Å². The van der Waals surface area contributed by atoms with Crippen molar-refractivity contribution < 1.29 is 13.7 Å². The molecule has 2 aromatic carbocycles. The van der Waals surface area contributed by atoms with Gasteiger partial charge in [-0.1, -0.05) is 17.3 Å². The fourth-order valence-electron chi connectivity index (χ4n) is 2.52. The molecule has 4 aromatic rings. The van der Waals surface area contributed by atoms with Crippen LogP contribution in [0.5, 0.6) is 5.75 Å². The molecule has 8 heteroatoms. The molecule has 0 atom stereocenters. The van der Waals surface area contributed by atoms with Crippen molar-refractivity contribution in [3.63, 3.8) is 0 Å². The number of hydrogen-bond donors (Lipinski definition) is 1. The van der Waals surface area contributed by atoms with Crippen molar-refractivity contribution in [3.8, 4) is 28.7 Å². The van der Waals surface area contributed by atoms with Gasteiger partial charge in [0.1, 0.15) is 17.4 Å². The van der Waals surface area contributed by atoms with E-state index in [1.807, 2.05) is 24.3 Å². The number of methoxy groups -OCH3 is 1. The molecular formula is C20H16FN5O2. The Labute approximate surface area is 160 Å². The van der Waals surface area contributed by atoms with Crippen LogP contribution < -0.4 is 10.1 Å². The maximum Gasteiger partial charge on any atom is 0.278 e. The highest BCUT2D eigenvalue weighted by molar-refractivity contribution is 5.59. The number of nitrogens with one attached hydrogen (secondary N) is 1. The van der Waals surface area contributed by atoms with Gasteiger partial charge in [0, 0.05) is 12.1 Å². The Morgan fingerprint density at radius 1 is 0.964 bits per heavy atom. The average molecular weight is 377 g/mol. The maximum absolute atomic E-state index is 12.9. The standard InChI is InChI=1S/C20H16FN5O2/c1-27-16-8-4-14(5-9-16)19-23-20(28-26-19)17-10-11-18(25-24-17)22-12-13-2-6-15(21)7-3-13/h2-11H,12H2,1H3,(H,22,25).